The van der Waals surface area contributed by atoms with E-state index in [0.29, 0.717) is 50.6 Å². The Bertz CT molecular complexity index is 882. The van der Waals surface area contributed by atoms with Gasteiger partial charge in [0.05, 0.1) is 23.9 Å². The minimum absolute atomic E-state index is 0.0362. The number of pyridine rings is 1. The average Bonchev–Trinajstić information content (AvgIpc) is 2.70. The van der Waals surface area contributed by atoms with E-state index in [4.69, 9.17) is 9.72 Å². The van der Waals surface area contributed by atoms with Crippen LogP contribution in [0.25, 0.3) is 0 Å². The van der Waals surface area contributed by atoms with Crippen molar-refractivity contribution in [1.29, 1.82) is 5.26 Å². The second kappa shape index (κ2) is 8.58. The molecule has 3 rings (SSSR count). The molecule has 0 spiro atoms. The standard InChI is InChI=1S/C21H29N5O4/c1-13(27)11-23-19(28)20(29)26-7-5-25(6-8-26)18-16(10-22)15-9-21(3,4)30-12-17(15)14(2)24-18/h13,27H,5-9,11-12H2,1-4H3,(H,23,28)/t13-/m1/s1. The number of piperazine rings is 1. The van der Waals surface area contributed by atoms with Gasteiger partial charge in [-0.25, -0.2) is 4.98 Å². The number of fused-ring (bicyclic) bond motifs is 1. The number of nitrogens with zero attached hydrogens (tertiary/aromatic N) is 4. The zero-order chi connectivity index (χ0) is 22.1. The number of nitrogens with one attached hydrogen (secondary N) is 1. The third-order valence-corrected chi connectivity index (χ3v) is 5.54. The molecular weight excluding hydrogens is 386 g/mol. The van der Waals surface area contributed by atoms with Gasteiger partial charge in [-0.2, -0.15) is 5.26 Å². The maximum atomic E-state index is 12.3. The zero-order valence-corrected chi connectivity index (χ0v) is 18.0. The van der Waals surface area contributed by atoms with E-state index >= 15 is 0 Å². The minimum atomic E-state index is -0.716. The SMILES string of the molecule is Cc1nc(N2CCN(C(=O)C(=O)NC[C@@H](C)O)CC2)c(C#N)c2c1COC(C)(C)C2. The highest BCUT2D eigenvalue weighted by atomic mass is 16.5. The van der Waals surface area contributed by atoms with Crippen LogP contribution in [0.3, 0.4) is 0 Å². The molecule has 2 aliphatic rings. The number of rotatable bonds is 3. The Morgan fingerprint density at radius 2 is 1.97 bits per heavy atom. The predicted octanol–water partition coefficient (Wildman–Crippen LogP) is 0.259. The molecule has 2 aliphatic heterocycles. The molecule has 1 atom stereocenters. The largest absolute Gasteiger partial charge is 0.392 e. The van der Waals surface area contributed by atoms with Gasteiger partial charge >= 0.3 is 11.8 Å². The molecule has 1 aromatic heterocycles. The van der Waals surface area contributed by atoms with Crippen molar-refractivity contribution in [1.82, 2.24) is 15.2 Å². The Morgan fingerprint density at radius 1 is 1.30 bits per heavy atom. The van der Waals surface area contributed by atoms with E-state index in [1.807, 2.05) is 25.7 Å². The number of aliphatic hydroxyl groups excluding tert-OH is 1. The molecule has 3 heterocycles. The summed E-state index contributed by atoms with van der Waals surface area (Å²) in [7, 11) is 0. The predicted molar refractivity (Wildman–Crippen MR) is 110 cm³/mol. The summed E-state index contributed by atoms with van der Waals surface area (Å²) in [6.45, 7) is 9.66. The van der Waals surface area contributed by atoms with Gasteiger partial charge in [-0.15, -0.1) is 0 Å². The first-order chi connectivity index (χ1) is 14.1. The molecule has 0 aromatic carbocycles. The van der Waals surface area contributed by atoms with Crippen molar-refractivity contribution < 1.29 is 19.4 Å². The van der Waals surface area contributed by atoms with Crippen molar-refractivity contribution in [2.45, 2.75) is 52.4 Å². The van der Waals surface area contributed by atoms with Crippen molar-refractivity contribution in [3.05, 3.63) is 22.4 Å². The topological polar surface area (TPSA) is 119 Å². The number of aliphatic hydroxyl groups is 1. The summed E-state index contributed by atoms with van der Waals surface area (Å²) < 4.78 is 5.89. The first-order valence-corrected chi connectivity index (χ1v) is 10.2. The molecule has 0 unspecified atom stereocenters. The second-order valence-electron chi connectivity index (χ2n) is 8.53. The number of aromatic nitrogens is 1. The molecule has 9 heteroatoms. The van der Waals surface area contributed by atoms with Crippen LogP contribution in [0.2, 0.25) is 0 Å². The van der Waals surface area contributed by atoms with Crippen LogP contribution in [-0.4, -0.2) is 71.2 Å². The van der Waals surface area contributed by atoms with E-state index in [0.717, 1.165) is 16.8 Å². The molecule has 0 radical (unpaired) electrons. The highest BCUT2D eigenvalue weighted by molar-refractivity contribution is 6.35. The van der Waals surface area contributed by atoms with Crippen LogP contribution >= 0.6 is 0 Å². The Kier molecular flexibility index (Phi) is 6.29. The fraction of sp³-hybridized carbons (Fsp3) is 0.619. The number of hydrogen-bond donors (Lipinski definition) is 2. The van der Waals surface area contributed by atoms with Gasteiger partial charge in [0.15, 0.2) is 0 Å². The summed E-state index contributed by atoms with van der Waals surface area (Å²) in [5.41, 5.74) is 3.06. The maximum Gasteiger partial charge on any atom is 0.312 e. The summed E-state index contributed by atoms with van der Waals surface area (Å²) in [4.78, 5) is 32.5. The summed E-state index contributed by atoms with van der Waals surface area (Å²) in [5, 5.41) is 21.6. The monoisotopic (exact) mass is 415 g/mol. The van der Waals surface area contributed by atoms with Gasteiger partial charge < -0.3 is 25.0 Å². The van der Waals surface area contributed by atoms with Crippen LogP contribution in [0.4, 0.5) is 5.82 Å². The number of anilines is 1. The maximum absolute atomic E-state index is 12.3. The van der Waals surface area contributed by atoms with Crippen LogP contribution in [0.1, 0.15) is 43.2 Å². The lowest BCUT2D eigenvalue weighted by Crippen LogP contribution is -2.53. The van der Waals surface area contributed by atoms with E-state index in [1.54, 1.807) is 0 Å². The molecule has 1 fully saturated rings. The van der Waals surface area contributed by atoms with E-state index in [1.165, 1.54) is 11.8 Å². The quantitative estimate of drug-likeness (QED) is 0.680. The van der Waals surface area contributed by atoms with E-state index in [2.05, 4.69) is 11.4 Å². The lowest BCUT2D eigenvalue weighted by atomic mass is 9.88. The third kappa shape index (κ3) is 4.55. The van der Waals surface area contributed by atoms with E-state index < -0.39 is 17.9 Å². The van der Waals surface area contributed by atoms with Gasteiger partial charge in [0, 0.05) is 50.4 Å². The van der Waals surface area contributed by atoms with Crippen LogP contribution < -0.4 is 10.2 Å². The van der Waals surface area contributed by atoms with Crippen molar-refractivity contribution in [3.8, 4) is 6.07 Å². The number of hydrogen-bond acceptors (Lipinski definition) is 7. The lowest BCUT2D eigenvalue weighted by molar-refractivity contribution is -0.146. The minimum Gasteiger partial charge on any atom is -0.392 e. The normalized spacial score (nSPS) is 18.9. The summed E-state index contributed by atoms with van der Waals surface area (Å²) in [5.74, 6) is -0.687. The number of nitriles is 1. The lowest BCUT2D eigenvalue weighted by Gasteiger charge is -2.37. The molecule has 0 saturated carbocycles. The van der Waals surface area contributed by atoms with Crippen LogP contribution in [-0.2, 0) is 27.4 Å². The van der Waals surface area contributed by atoms with Crippen molar-refractivity contribution in [2.24, 2.45) is 0 Å². The number of carbonyl (C=O) groups is 2. The molecule has 9 nitrogen and oxygen atoms in total. The summed E-state index contributed by atoms with van der Waals surface area (Å²) in [6.07, 6.45) is -0.0690. The van der Waals surface area contributed by atoms with Crippen LogP contribution in [0, 0.1) is 18.3 Å². The van der Waals surface area contributed by atoms with Crippen molar-refractivity contribution in [2.75, 3.05) is 37.6 Å². The molecule has 162 valence electrons. The fourth-order valence-corrected chi connectivity index (χ4v) is 3.84. The molecule has 30 heavy (non-hydrogen) atoms. The molecule has 0 aliphatic carbocycles. The Hall–Kier alpha value is -2.70. The number of amides is 2. The van der Waals surface area contributed by atoms with Crippen LogP contribution in [0.15, 0.2) is 0 Å². The molecule has 2 amide bonds. The van der Waals surface area contributed by atoms with Crippen molar-refractivity contribution in [3.63, 3.8) is 0 Å². The summed E-state index contributed by atoms with van der Waals surface area (Å²) >= 11 is 0. The van der Waals surface area contributed by atoms with Gasteiger partial charge in [0.25, 0.3) is 0 Å². The zero-order valence-electron chi connectivity index (χ0n) is 18.0. The second-order valence-corrected chi connectivity index (χ2v) is 8.53. The summed E-state index contributed by atoms with van der Waals surface area (Å²) in [6, 6.07) is 2.34. The Morgan fingerprint density at radius 3 is 2.57 bits per heavy atom. The third-order valence-electron chi connectivity index (χ3n) is 5.54. The van der Waals surface area contributed by atoms with Gasteiger partial charge in [0.2, 0.25) is 0 Å². The fourth-order valence-electron chi connectivity index (χ4n) is 3.84. The van der Waals surface area contributed by atoms with Crippen LogP contribution in [0.5, 0.6) is 0 Å². The average molecular weight is 415 g/mol. The smallest absolute Gasteiger partial charge is 0.312 e. The Balaban J connectivity index is 1.75. The highest BCUT2D eigenvalue weighted by Crippen LogP contribution is 2.35. The van der Waals surface area contributed by atoms with Gasteiger partial charge in [-0.05, 0) is 33.3 Å². The van der Waals surface area contributed by atoms with Crippen molar-refractivity contribution >= 4 is 17.6 Å². The first-order valence-electron chi connectivity index (χ1n) is 10.2. The number of ether oxygens (including phenoxy) is 1. The number of aryl methyl sites for hydroxylation is 1. The highest BCUT2D eigenvalue weighted by Gasteiger charge is 2.33. The Labute approximate surface area is 176 Å². The van der Waals surface area contributed by atoms with Gasteiger partial charge in [-0.3, -0.25) is 9.59 Å². The van der Waals surface area contributed by atoms with Gasteiger partial charge in [0.1, 0.15) is 11.9 Å². The molecule has 2 N–H and O–H groups in total. The van der Waals surface area contributed by atoms with Gasteiger partial charge in [-0.1, -0.05) is 0 Å². The number of carbonyl (C=O) groups excluding carboxylic acids is 2. The molecule has 1 saturated heterocycles. The molecule has 0 bridgehead atoms. The molecule has 1 aromatic rings. The van der Waals surface area contributed by atoms with E-state index in [9.17, 15) is 20.0 Å². The van der Waals surface area contributed by atoms with E-state index in [-0.39, 0.29) is 12.1 Å². The first kappa shape index (κ1) is 22.0. The molecular formula is C21H29N5O4.